The molecule has 0 aliphatic carbocycles. The molecule has 34 heavy (non-hydrogen) atoms. The van der Waals surface area contributed by atoms with Crippen LogP contribution >= 0.6 is 11.8 Å². The van der Waals surface area contributed by atoms with Gasteiger partial charge < -0.3 is 5.32 Å². The molecule has 6 nitrogen and oxygen atoms in total. The third-order valence-electron chi connectivity index (χ3n) is 5.49. The standard InChI is InChI=1S/C26H25FN4O2S/c1-3-17-9-13-20(14-10-17)29-24(32)22(4-2)34-26-30-23-21(6-5-15-28-23)25(33)31(26)16-18-7-11-19(27)12-8-18/h5-15,22H,3-4,16H2,1-2H3,(H,29,32)/t22-/m1/s1. The number of benzene rings is 2. The number of carbonyl (C=O) groups excluding carboxylic acids is 1. The molecule has 1 amide bonds. The molecule has 2 aromatic carbocycles. The summed E-state index contributed by atoms with van der Waals surface area (Å²) in [5, 5.41) is 3.27. The number of fused-ring (bicyclic) bond motifs is 1. The van der Waals surface area contributed by atoms with E-state index in [1.807, 2.05) is 31.2 Å². The molecular weight excluding hydrogens is 451 g/mol. The summed E-state index contributed by atoms with van der Waals surface area (Å²) in [5.41, 5.74) is 2.74. The van der Waals surface area contributed by atoms with E-state index in [0.29, 0.717) is 22.6 Å². The summed E-state index contributed by atoms with van der Waals surface area (Å²) in [6.45, 7) is 4.20. The van der Waals surface area contributed by atoms with Crippen LogP contribution < -0.4 is 10.9 Å². The lowest BCUT2D eigenvalue weighted by molar-refractivity contribution is -0.115. The fourth-order valence-electron chi connectivity index (χ4n) is 3.53. The highest BCUT2D eigenvalue weighted by Gasteiger charge is 2.22. The van der Waals surface area contributed by atoms with Crippen LogP contribution in [-0.2, 0) is 17.8 Å². The molecule has 0 saturated carbocycles. The summed E-state index contributed by atoms with van der Waals surface area (Å²) in [7, 11) is 0. The Bertz CT molecular complexity index is 1350. The number of hydrogen-bond acceptors (Lipinski definition) is 5. The first-order chi connectivity index (χ1) is 16.5. The molecule has 2 aromatic heterocycles. The van der Waals surface area contributed by atoms with Crippen LogP contribution in [0, 0.1) is 5.82 Å². The largest absolute Gasteiger partial charge is 0.325 e. The van der Waals surface area contributed by atoms with Crippen molar-refractivity contribution in [2.45, 2.75) is 43.6 Å². The third-order valence-corrected chi connectivity index (χ3v) is 6.84. The zero-order valence-corrected chi connectivity index (χ0v) is 19.8. The van der Waals surface area contributed by atoms with Gasteiger partial charge in [-0.25, -0.2) is 14.4 Å². The molecule has 174 valence electrons. The number of thioether (sulfide) groups is 1. The van der Waals surface area contributed by atoms with Crippen molar-refractivity contribution in [3.8, 4) is 0 Å². The Morgan fingerprint density at radius 3 is 2.44 bits per heavy atom. The molecule has 1 atom stereocenters. The van der Waals surface area contributed by atoms with E-state index in [0.717, 1.165) is 17.7 Å². The highest BCUT2D eigenvalue weighted by atomic mass is 32.2. The average molecular weight is 477 g/mol. The quantitative estimate of drug-likeness (QED) is 0.284. The van der Waals surface area contributed by atoms with Gasteiger partial charge in [0, 0.05) is 11.9 Å². The van der Waals surface area contributed by atoms with Gasteiger partial charge in [0.15, 0.2) is 10.8 Å². The number of hydrogen-bond donors (Lipinski definition) is 1. The zero-order valence-electron chi connectivity index (χ0n) is 19.0. The van der Waals surface area contributed by atoms with Crippen LogP contribution in [0.1, 0.15) is 31.4 Å². The van der Waals surface area contributed by atoms with Gasteiger partial charge in [-0.15, -0.1) is 0 Å². The SMILES string of the molecule is CCc1ccc(NC(=O)[C@@H](CC)Sc2nc3ncccc3c(=O)n2Cc2ccc(F)cc2)cc1. The van der Waals surface area contributed by atoms with Gasteiger partial charge >= 0.3 is 0 Å². The maximum atomic E-state index is 13.4. The molecule has 0 unspecified atom stereocenters. The molecule has 0 bridgehead atoms. The molecule has 8 heteroatoms. The molecule has 4 rings (SSSR count). The van der Waals surface area contributed by atoms with Gasteiger partial charge in [-0.3, -0.25) is 14.2 Å². The van der Waals surface area contributed by atoms with Crippen LogP contribution in [0.15, 0.2) is 76.8 Å². The Labute approximate surface area is 201 Å². The van der Waals surface area contributed by atoms with E-state index in [9.17, 15) is 14.0 Å². The summed E-state index contributed by atoms with van der Waals surface area (Å²) in [5.74, 6) is -0.512. The Hall–Kier alpha value is -3.52. The first-order valence-electron chi connectivity index (χ1n) is 11.1. The molecular formula is C26H25FN4O2S. The second-order valence-electron chi connectivity index (χ2n) is 7.84. The van der Waals surface area contributed by atoms with Crippen molar-refractivity contribution in [3.63, 3.8) is 0 Å². The van der Waals surface area contributed by atoms with Crippen molar-refractivity contribution in [1.29, 1.82) is 0 Å². The Morgan fingerprint density at radius 2 is 1.76 bits per heavy atom. The highest BCUT2D eigenvalue weighted by Crippen LogP contribution is 2.26. The Morgan fingerprint density at radius 1 is 1.06 bits per heavy atom. The van der Waals surface area contributed by atoms with Gasteiger partial charge in [0.2, 0.25) is 5.91 Å². The maximum absolute atomic E-state index is 13.4. The van der Waals surface area contributed by atoms with Crippen LogP contribution in [0.3, 0.4) is 0 Å². The minimum absolute atomic E-state index is 0.166. The van der Waals surface area contributed by atoms with Crippen LogP contribution in [0.4, 0.5) is 10.1 Å². The Balaban J connectivity index is 1.65. The van der Waals surface area contributed by atoms with Gasteiger partial charge in [-0.1, -0.05) is 49.9 Å². The first kappa shape index (κ1) is 23.6. The average Bonchev–Trinajstić information content (AvgIpc) is 2.86. The number of rotatable bonds is 8. The predicted molar refractivity (Wildman–Crippen MR) is 134 cm³/mol. The van der Waals surface area contributed by atoms with Gasteiger partial charge in [0.1, 0.15) is 5.82 Å². The predicted octanol–water partition coefficient (Wildman–Crippen LogP) is 5.05. The van der Waals surface area contributed by atoms with Crippen LogP contribution in [0.2, 0.25) is 0 Å². The summed E-state index contributed by atoms with van der Waals surface area (Å²) < 4.78 is 14.9. The molecule has 0 aliphatic rings. The van der Waals surface area contributed by atoms with Crippen molar-refractivity contribution in [1.82, 2.24) is 14.5 Å². The molecule has 0 radical (unpaired) electrons. The molecule has 0 fully saturated rings. The van der Waals surface area contributed by atoms with Crippen molar-refractivity contribution < 1.29 is 9.18 Å². The number of nitrogens with zero attached hydrogens (tertiary/aromatic N) is 3. The van der Waals surface area contributed by atoms with Crippen molar-refractivity contribution in [3.05, 3.63) is 94.2 Å². The summed E-state index contributed by atoms with van der Waals surface area (Å²) in [6, 6.07) is 17.1. The van der Waals surface area contributed by atoms with Crippen molar-refractivity contribution in [2.75, 3.05) is 5.32 Å². The molecule has 1 N–H and O–H groups in total. The number of halogens is 1. The number of amides is 1. The lowest BCUT2D eigenvalue weighted by Crippen LogP contribution is -2.28. The van der Waals surface area contributed by atoms with Gasteiger partial charge in [0.25, 0.3) is 5.56 Å². The summed E-state index contributed by atoms with van der Waals surface area (Å²) in [6.07, 6.45) is 3.04. The summed E-state index contributed by atoms with van der Waals surface area (Å²) in [4.78, 5) is 35.2. The monoisotopic (exact) mass is 476 g/mol. The highest BCUT2D eigenvalue weighted by molar-refractivity contribution is 8.00. The minimum Gasteiger partial charge on any atom is -0.325 e. The number of aryl methyl sites for hydroxylation is 1. The van der Waals surface area contributed by atoms with Crippen LogP contribution in [0.5, 0.6) is 0 Å². The second-order valence-corrected chi connectivity index (χ2v) is 9.01. The van der Waals surface area contributed by atoms with Crippen molar-refractivity contribution in [2.24, 2.45) is 0 Å². The van der Waals surface area contributed by atoms with Gasteiger partial charge in [0.05, 0.1) is 17.2 Å². The van der Waals surface area contributed by atoms with E-state index < -0.39 is 5.25 Å². The number of anilines is 1. The Kier molecular flexibility index (Phi) is 7.37. The topological polar surface area (TPSA) is 76.9 Å². The van der Waals surface area contributed by atoms with Gasteiger partial charge in [-0.05, 0) is 60.4 Å². The number of carbonyl (C=O) groups is 1. The lowest BCUT2D eigenvalue weighted by Gasteiger charge is -2.18. The van der Waals surface area contributed by atoms with Crippen LogP contribution in [0.25, 0.3) is 11.0 Å². The minimum atomic E-state index is -0.474. The van der Waals surface area contributed by atoms with E-state index in [1.54, 1.807) is 30.5 Å². The number of pyridine rings is 1. The molecule has 0 saturated heterocycles. The second kappa shape index (κ2) is 10.6. The molecule has 2 heterocycles. The maximum Gasteiger partial charge on any atom is 0.263 e. The summed E-state index contributed by atoms with van der Waals surface area (Å²) >= 11 is 1.23. The third kappa shape index (κ3) is 5.34. The zero-order chi connectivity index (χ0) is 24.1. The van der Waals surface area contributed by atoms with E-state index in [1.165, 1.54) is 34.0 Å². The molecule has 0 aliphatic heterocycles. The van der Waals surface area contributed by atoms with Gasteiger partial charge in [-0.2, -0.15) is 0 Å². The fraction of sp³-hybridized carbons (Fsp3) is 0.231. The first-order valence-corrected chi connectivity index (χ1v) is 12.0. The fourth-order valence-corrected chi connectivity index (χ4v) is 4.54. The molecule has 4 aromatic rings. The van der Waals surface area contributed by atoms with E-state index >= 15 is 0 Å². The smallest absolute Gasteiger partial charge is 0.263 e. The van der Waals surface area contributed by atoms with E-state index in [-0.39, 0.29) is 23.8 Å². The molecule has 0 spiro atoms. The number of aromatic nitrogens is 3. The lowest BCUT2D eigenvalue weighted by atomic mass is 10.1. The van der Waals surface area contributed by atoms with Crippen molar-refractivity contribution >= 4 is 34.4 Å². The number of nitrogens with one attached hydrogen (secondary N) is 1. The van der Waals surface area contributed by atoms with Crippen LogP contribution in [-0.4, -0.2) is 25.7 Å². The van der Waals surface area contributed by atoms with E-state index in [4.69, 9.17) is 0 Å². The normalized spacial score (nSPS) is 12.0. The van der Waals surface area contributed by atoms with E-state index in [2.05, 4.69) is 22.2 Å².